The molecule has 2 aliphatic heterocycles. The molecule has 0 aliphatic carbocycles. The molecule has 0 bridgehead atoms. The number of phenols is 2. The number of carbonyl (C=O) groups is 1. The summed E-state index contributed by atoms with van der Waals surface area (Å²) in [6.07, 6.45) is 0. The summed E-state index contributed by atoms with van der Waals surface area (Å²) < 4.78 is 11.7. The lowest BCUT2D eigenvalue weighted by atomic mass is 9.77. The Labute approximate surface area is 194 Å². The summed E-state index contributed by atoms with van der Waals surface area (Å²) in [4.78, 5) is 12.8. The highest BCUT2D eigenvalue weighted by atomic mass is 35.5. The smallest absolute Gasteiger partial charge is 0.340 e. The van der Waals surface area contributed by atoms with Crippen LogP contribution >= 0.6 is 58.0 Å². The molecular weight excluding hydrogens is 497 g/mol. The number of ether oxygens (including phenoxy) is 2. The lowest BCUT2D eigenvalue weighted by Crippen LogP contribution is -2.33. The number of carbonyl (C=O) groups excluding carboxylic acids is 1. The zero-order valence-corrected chi connectivity index (χ0v) is 18.2. The van der Waals surface area contributed by atoms with Gasteiger partial charge in [0.05, 0.1) is 26.7 Å². The third-order valence-electron chi connectivity index (χ3n) is 5.11. The van der Waals surface area contributed by atoms with E-state index in [2.05, 4.69) is 0 Å². The number of phenolic OH excluding ortho intramolecular Hbond substituents is 2. The molecule has 0 radical (unpaired) electrons. The van der Waals surface area contributed by atoms with Crippen LogP contribution in [0.15, 0.2) is 30.3 Å². The van der Waals surface area contributed by atoms with Crippen LogP contribution in [0.2, 0.25) is 25.1 Å². The van der Waals surface area contributed by atoms with Crippen molar-refractivity contribution >= 4 is 64.0 Å². The van der Waals surface area contributed by atoms with Crippen LogP contribution in [0.1, 0.15) is 27.0 Å². The first-order valence-electron chi connectivity index (χ1n) is 8.32. The van der Waals surface area contributed by atoms with Crippen LogP contribution in [-0.4, -0.2) is 16.2 Å². The normalized spacial score (nSPS) is 18.5. The van der Waals surface area contributed by atoms with Crippen LogP contribution in [0, 0.1) is 0 Å². The summed E-state index contributed by atoms with van der Waals surface area (Å²) in [5, 5.41) is 19.5. The van der Waals surface area contributed by atoms with Crippen molar-refractivity contribution in [3.8, 4) is 23.0 Å². The van der Waals surface area contributed by atoms with Gasteiger partial charge in [0, 0.05) is 5.56 Å². The van der Waals surface area contributed by atoms with Gasteiger partial charge < -0.3 is 19.7 Å². The Bertz CT molecular complexity index is 1310. The number of halogens is 5. The second-order valence-electron chi connectivity index (χ2n) is 6.61. The topological polar surface area (TPSA) is 76.0 Å². The third kappa shape index (κ3) is 2.30. The van der Waals surface area contributed by atoms with E-state index in [1.807, 2.05) is 0 Å². The van der Waals surface area contributed by atoms with Crippen molar-refractivity contribution in [3.05, 3.63) is 77.7 Å². The summed E-state index contributed by atoms with van der Waals surface area (Å²) in [5.74, 6) is -1.78. The fourth-order valence-corrected chi connectivity index (χ4v) is 5.10. The molecule has 1 atom stereocenters. The van der Waals surface area contributed by atoms with Crippen LogP contribution in [0.4, 0.5) is 0 Å². The van der Waals surface area contributed by atoms with Gasteiger partial charge in [0.1, 0.15) is 15.1 Å². The van der Waals surface area contributed by atoms with E-state index in [0.29, 0.717) is 5.56 Å². The monoisotopic (exact) mass is 502 g/mol. The average molecular weight is 505 g/mol. The van der Waals surface area contributed by atoms with E-state index in [-0.39, 0.29) is 53.3 Å². The van der Waals surface area contributed by atoms with Crippen LogP contribution in [0.3, 0.4) is 0 Å². The van der Waals surface area contributed by atoms with Crippen molar-refractivity contribution in [1.82, 2.24) is 0 Å². The van der Waals surface area contributed by atoms with E-state index in [4.69, 9.17) is 67.5 Å². The molecule has 3 aromatic rings. The Balaban J connectivity index is 2.03. The molecule has 5 nitrogen and oxygen atoms in total. The van der Waals surface area contributed by atoms with Crippen LogP contribution in [0.5, 0.6) is 23.0 Å². The first-order chi connectivity index (χ1) is 14.2. The van der Waals surface area contributed by atoms with Gasteiger partial charge in [0.15, 0.2) is 28.6 Å². The highest BCUT2D eigenvalue weighted by Gasteiger charge is 2.56. The Morgan fingerprint density at radius 2 is 1.47 bits per heavy atom. The maximum absolute atomic E-state index is 12.8. The van der Waals surface area contributed by atoms with Crippen molar-refractivity contribution < 1.29 is 24.5 Å². The Morgan fingerprint density at radius 1 is 0.800 bits per heavy atom. The van der Waals surface area contributed by atoms with Crippen LogP contribution in [-0.2, 0) is 10.3 Å². The summed E-state index contributed by atoms with van der Waals surface area (Å²) >= 11 is 31.5. The first-order valence-corrected chi connectivity index (χ1v) is 10.2. The average Bonchev–Trinajstić information content (AvgIpc) is 3.03. The predicted octanol–water partition coefficient (Wildman–Crippen LogP) is 6.93. The SMILES string of the molecule is O=C1OC2(c3ccccc31)c1cc(Cl)c(O)c(Cl)c1Oc1c(Cl)c(O)c(Cl)c(Cl)c12. The van der Waals surface area contributed by atoms with Crippen molar-refractivity contribution in [2.45, 2.75) is 5.60 Å². The van der Waals surface area contributed by atoms with Crippen LogP contribution < -0.4 is 4.74 Å². The molecule has 10 heteroatoms. The lowest BCUT2D eigenvalue weighted by Gasteiger charge is -2.38. The zero-order chi connectivity index (χ0) is 21.5. The molecule has 30 heavy (non-hydrogen) atoms. The summed E-state index contributed by atoms with van der Waals surface area (Å²) in [6, 6.07) is 8.00. The highest BCUT2D eigenvalue weighted by Crippen LogP contribution is 2.64. The van der Waals surface area contributed by atoms with Gasteiger partial charge in [-0.05, 0) is 12.1 Å². The van der Waals surface area contributed by atoms with E-state index < -0.39 is 23.1 Å². The van der Waals surface area contributed by atoms with Crippen molar-refractivity contribution in [1.29, 1.82) is 0 Å². The quantitative estimate of drug-likeness (QED) is 0.256. The minimum Gasteiger partial charge on any atom is -0.505 e. The molecular formula is C20H7Cl5O5. The Hall–Kier alpha value is -2.02. The van der Waals surface area contributed by atoms with Crippen LogP contribution in [0.25, 0.3) is 0 Å². The fraction of sp³-hybridized carbons (Fsp3) is 0.0500. The molecule has 1 unspecified atom stereocenters. The third-order valence-corrected chi connectivity index (χ3v) is 6.94. The van der Waals surface area contributed by atoms with Gasteiger partial charge in [-0.2, -0.15) is 0 Å². The summed E-state index contributed by atoms with van der Waals surface area (Å²) in [6.45, 7) is 0. The number of hydrogen-bond acceptors (Lipinski definition) is 5. The molecule has 152 valence electrons. The van der Waals surface area contributed by atoms with Gasteiger partial charge in [-0.1, -0.05) is 76.2 Å². The van der Waals surface area contributed by atoms with Gasteiger partial charge in [0.25, 0.3) is 0 Å². The second-order valence-corrected chi connectivity index (χ2v) is 8.53. The van der Waals surface area contributed by atoms with E-state index in [0.717, 1.165) is 0 Å². The van der Waals surface area contributed by atoms with Gasteiger partial charge in [-0.25, -0.2) is 4.79 Å². The van der Waals surface area contributed by atoms with Crippen molar-refractivity contribution in [3.63, 3.8) is 0 Å². The number of fused-ring (bicyclic) bond motifs is 6. The van der Waals surface area contributed by atoms with Crippen molar-refractivity contribution in [2.75, 3.05) is 0 Å². The summed E-state index contributed by atoms with van der Waals surface area (Å²) in [5.41, 5.74) is -0.692. The molecule has 0 saturated heterocycles. The molecule has 0 aromatic heterocycles. The first kappa shape index (κ1) is 19.9. The number of aromatic hydroxyl groups is 2. The highest BCUT2D eigenvalue weighted by molar-refractivity contribution is 6.46. The van der Waals surface area contributed by atoms with E-state index >= 15 is 0 Å². The number of hydrogen-bond donors (Lipinski definition) is 2. The molecule has 2 heterocycles. The lowest BCUT2D eigenvalue weighted by molar-refractivity contribution is 0.0224. The standard InChI is InChI=1S/C20H7Cl5O5/c21-9-5-8-17(13(24)15(9)26)29-18-10(11(22)12(23)16(27)14(18)25)20(8)7-4-2-1-3-6(7)19(28)30-20/h1-5,26-27H. The minimum atomic E-state index is -1.68. The molecule has 0 amide bonds. The Morgan fingerprint density at radius 3 is 2.20 bits per heavy atom. The number of benzene rings is 3. The van der Waals surface area contributed by atoms with Gasteiger partial charge in [0.2, 0.25) is 0 Å². The van der Waals surface area contributed by atoms with Gasteiger partial charge >= 0.3 is 5.97 Å². The summed E-state index contributed by atoms with van der Waals surface area (Å²) in [7, 11) is 0. The van der Waals surface area contributed by atoms with Gasteiger partial charge in [-0.15, -0.1) is 0 Å². The largest absolute Gasteiger partial charge is 0.505 e. The number of esters is 1. The Kier molecular flexibility index (Phi) is 4.31. The predicted molar refractivity (Wildman–Crippen MR) is 113 cm³/mol. The van der Waals surface area contributed by atoms with E-state index in [1.54, 1.807) is 24.3 Å². The molecule has 2 N–H and O–H groups in total. The number of rotatable bonds is 0. The van der Waals surface area contributed by atoms with Gasteiger partial charge in [-0.3, -0.25) is 0 Å². The van der Waals surface area contributed by atoms with E-state index in [1.165, 1.54) is 6.07 Å². The fourth-order valence-electron chi connectivity index (χ4n) is 3.83. The maximum Gasteiger partial charge on any atom is 0.340 e. The molecule has 3 aromatic carbocycles. The van der Waals surface area contributed by atoms with Crippen molar-refractivity contribution in [2.24, 2.45) is 0 Å². The molecule has 0 saturated carbocycles. The zero-order valence-electron chi connectivity index (χ0n) is 14.4. The van der Waals surface area contributed by atoms with E-state index in [9.17, 15) is 15.0 Å². The molecule has 1 spiro atoms. The minimum absolute atomic E-state index is 0.0599. The second kappa shape index (κ2) is 6.49. The molecule has 0 fully saturated rings. The molecule has 5 rings (SSSR count). The maximum atomic E-state index is 12.8. The molecule has 2 aliphatic rings.